The first-order valence-electron chi connectivity index (χ1n) is 5.90. The quantitative estimate of drug-likeness (QED) is 0.880. The fourth-order valence-electron chi connectivity index (χ4n) is 1.53. The average molecular weight is 295 g/mol. The SMILES string of the molecule is O=C(NCc1ccnc(Cl)c1F)OCc1ccccc1. The van der Waals surface area contributed by atoms with Gasteiger partial charge in [0.1, 0.15) is 6.61 Å². The number of carbonyl (C=O) groups excluding carboxylic acids is 1. The minimum absolute atomic E-state index is 0.0122. The molecule has 20 heavy (non-hydrogen) atoms. The number of rotatable bonds is 4. The van der Waals surface area contributed by atoms with Crippen molar-refractivity contribution in [3.8, 4) is 0 Å². The van der Waals surface area contributed by atoms with Gasteiger partial charge in [-0.2, -0.15) is 0 Å². The molecule has 0 saturated heterocycles. The lowest BCUT2D eigenvalue weighted by atomic mass is 10.2. The molecule has 6 heteroatoms. The number of hydrogen-bond donors (Lipinski definition) is 1. The lowest BCUT2D eigenvalue weighted by molar-refractivity contribution is 0.139. The van der Waals surface area contributed by atoms with Crippen molar-refractivity contribution in [2.45, 2.75) is 13.2 Å². The molecule has 2 rings (SSSR count). The van der Waals surface area contributed by atoms with Gasteiger partial charge >= 0.3 is 6.09 Å². The number of halogens is 2. The third-order valence-corrected chi connectivity index (χ3v) is 2.83. The molecule has 1 heterocycles. The van der Waals surface area contributed by atoms with Crippen LogP contribution < -0.4 is 5.32 Å². The van der Waals surface area contributed by atoms with Gasteiger partial charge in [-0.05, 0) is 11.6 Å². The van der Waals surface area contributed by atoms with Crippen molar-refractivity contribution in [3.05, 3.63) is 64.7 Å². The van der Waals surface area contributed by atoms with Crippen LogP contribution in [0.15, 0.2) is 42.6 Å². The van der Waals surface area contributed by atoms with Gasteiger partial charge in [0.25, 0.3) is 0 Å². The maximum Gasteiger partial charge on any atom is 0.407 e. The highest BCUT2D eigenvalue weighted by Crippen LogP contribution is 2.14. The van der Waals surface area contributed by atoms with E-state index in [1.54, 1.807) is 0 Å². The third-order valence-electron chi connectivity index (χ3n) is 2.56. The molecular formula is C14H12ClFN2O2. The van der Waals surface area contributed by atoms with E-state index in [1.165, 1.54) is 12.3 Å². The molecule has 1 aromatic carbocycles. The van der Waals surface area contributed by atoms with E-state index >= 15 is 0 Å². The lowest BCUT2D eigenvalue weighted by Gasteiger charge is -2.08. The number of alkyl carbamates (subject to hydrolysis) is 1. The normalized spacial score (nSPS) is 10.1. The smallest absolute Gasteiger partial charge is 0.407 e. The van der Waals surface area contributed by atoms with Crippen LogP contribution in [0.2, 0.25) is 5.15 Å². The lowest BCUT2D eigenvalue weighted by Crippen LogP contribution is -2.24. The van der Waals surface area contributed by atoms with E-state index in [-0.39, 0.29) is 23.9 Å². The van der Waals surface area contributed by atoms with Crippen LogP contribution in [0.4, 0.5) is 9.18 Å². The number of aromatic nitrogens is 1. The van der Waals surface area contributed by atoms with Gasteiger partial charge in [0.15, 0.2) is 11.0 Å². The van der Waals surface area contributed by atoms with Crippen molar-refractivity contribution in [1.29, 1.82) is 0 Å². The molecule has 0 aliphatic heterocycles. The van der Waals surface area contributed by atoms with Crippen LogP contribution in [0, 0.1) is 5.82 Å². The molecule has 0 fully saturated rings. The van der Waals surface area contributed by atoms with E-state index < -0.39 is 11.9 Å². The molecule has 0 saturated carbocycles. The van der Waals surface area contributed by atoms with Gasteiger partial charge in [-0.25, -0.2) is 14.2 Å². The zero-order chi connectivity index (χ0) is 14.4. The molecule has 1 aromatic heterocycles. The Bertz CT molecular complexity index is 593. The summed E-state index contributed by atoms with van der Waals surface area (Å²) in [6.07, 6.45) is 0.749. The minimum Gasteiger partial charge on any atom is -0.445 e. The van der Waals surface area contributed by atoms with Crippen LogP contribution in [0.5, 0.6) is 0 Å². The Kier molecular flexibility index (Phi) is 4.90. The van der Waals surface area contributed by atoms with E-state index in [0.717, 1.165) is 5.56 Å². The van der Waals surface area contributed by atoms with Gasteiger partial charge < -0.3 is 10.1 Å². The summed E-state index contributed by atoms with van der Waals surface area (Å²) in [4.78, 5) is 15.1. The minimum atomic E-state index is -0.641. The zero-order valence-electron chi connectivity index (χ0n) is 10.5. The molecule has 0 spiro atoms. The Hall–Kier alpha value is -2.14. The molecule has 4 nitrogen and oxygen atoms in total. The number of nitrogens with one attached hydrogen (secondary N) is 1. The first-order chi connectivity index (χ1) is 9.66. The highest BCUT2D eigenvalue weighted by Gasteiger charge is 2.09. The van der Waals surface area contributed by atoms with Crippen molar-refractivity contribution in [2.24, 2.45) is 0 Å². The summed E-state index contributed by atoms with van der Waals surface area (Å²) in [6.45, 7) is 0.147. The van der Waals surface area contributed by atoms with E-state index in [4.69, 9.17) is 16.3 Å². The first kappa shape index (κ1) is 14.3. The summed E-state index contributed by atoms with van der Waals surface area (Å²) in [6, 6.07) is 10.7. The van der Waals surface area contributed by atoms with E-state index in [1.807, 2.05) is 30.3 Å². The van der Waals surface area contributed by atoms with Crippen molar-refractivity contribution in [3.63, 3.8) is 0 Å². The molecule has 0 aliphatic rings. The molecule has 0 aliphatic carbocycles. The third kappa shape index (κ3) is 3.93. The zero-order valence-corrected chi connectivity index (χ0v) is 11.2. The maximum atomic E-state index is 13.5. The Balaban J connectivity index is 1.82. The van der Waals surface area contributed by atoms with Crippen LogP contribution in [0.25, 0.3) is 0 Å². The molecule has 2 aromatic rings. The summed E-state index contributed by atoms with van der Waals surface area (Å²) in [5.74, 6) is -0.641. The predicted molar refractivity (Wildman–Crippen MR) is 72.7 cm³/mol. The Labute approximate surface area is 120 Å². The summed E-state index contributed by atoms with van der Waals surface area (Å²) in [5, 5.41) is 2.23. The number of carbonyl (C=O) groups is 1. The van der Waals surface area contributed by atoms with Crippen molar-refractivity contribution >= 4 is 17.7 Å². The van der Waals surface area contributed by atoms with Crippen LogP contribution in [0.1, 0.15) is 11.1 Å². The number of benzene rings is 1. The molecule has 1 N–H and O–H groups in total. The van der Waals surface area contributed by atoms with Gasteiger partial charge in [-0.1, -0.05) is 41.9 Å². The van der Waals surface area contributed by atoms with Crippen molar-refractivity contribution in [2.75, 3.05) is 0 Å². The van der Waals surface area contributed by atoms with Crippen LogP contribution in [0.3, 0.4) is 0 Å². The predicted octanol–water partition coefficient (Wildman–Crippen LogP) is 3.30. The maximum absolute atomic E-state index is 13.5. The first-order valence-corrected chi connectivity index (χ1v) is 6.28. The fourth-order valence-corrected chi connectivity index (χ4v) is 1.71. The summed E-state index contributed by atoms with van der Waals surface area (Å²) >= 11 is 5.54. The van der Waals surface area contributed by atoms with E-state index in [0.29, 0.717) is 0 Å². The van der Waals surface area contributed by atoms with Gasteiger partial charge in [-0.3, -0.25) is 0 Å². The summed E-state index contributed by atoms with van der Waals surface area (Å²) in [5.41, 5.74) is 1.13. The molecule has 0 bridgehead atoms. The fraction of sp³-hybridized carbons (Fsp3) is 0.143. The number of pyridine rings is 1. The largest absolute Gasteiger partial charge is 0.445 e. The molecule has 0 radical (unpaired) electrons. The van der Waals surface area contributed by atoms with Crippen molar-refractivity contribution in [1.82, 2.24) is 10.3 Å². The van der Waals surface area contributed by atoms with Crippen LogP contribution in [-0.2, 0) is 17.9 Å². The topological polar surface area (TPSA) is 51.2 Å². The molecular weight excluding hydrogens is 283 g/mol. The van der Waals surface area contributed by atoms with E-state index in [2.05, 4.69) is 10.3 Å². The van der Waals surface area contributed by atoms with Gasteiger partial charge in [0, 0.05) is 18.3 Å². The molecule has 104 valence electrons. The number of nitrogens with zero attached hydrogens (tertiary/aromatic N) is 1. The van der Waals surface area contributed by atoms with Gasteiger partial charge in [0.05, 0.1) is 0 Å². The van der Waals surface area contributed by atoms with Crippen LogP contribution in [-0.4, -0.2) is 11.1 Å². The number of amides is 1. The van der Waals surface area contributed by atoms with Crippen LogP contribution >= 0.6 is 11.6 Å². The molecule has 0 atom stereocenters. The van der Waals surface area contributed by atoms with E-state index in [9.17, 15) is 9.18 Å². The highest BCUT2D eigenvalue weighted by molar-refractivity contribution is 6.29. The second-order valence-electron chi connectivity index (χ2n) is 3.99. The Morgan fingerprint density at radius 1 is 1.30 bits per heavy atom. The summed E-state index contributed by atoms with van der Waals surface area (Å²) < 4.78 is 18.5. The molecule has 1 amide bonds. The summed E-state index contributed by atoms with van der Waals surface area (Å²) in [7, 11) is 0. The monoisotopic (exact) mass is 294 g/mol. The standard InChI is InChI=1S/C14H12ClFN2O2/c15-13-12(16)11(6-7-17-13)8-18-14(19)20-9-10-4-2-1-3-5-10/h1-7H,8-9H2,(H,18,19). The average Bonchev–Trinajstić information content (AvgIpc) is 2.48. The van der Waals surface area contributed by atoms with Crippen molar-refractivity contribution < 1.29 is 13.9 Å². The molecule has 0 unspecified atom stereocenters. The number of ether oxygens (including phenoxy) is 1. The second-order valence-corrected chi connectivity index (χ2v) is 4.35. The van der Waals surface area contributed by atoms with Gasteiger partial charge in [-0.15, -0.1) is 0 Å². The Morgan fingerprint density at radius 2 is 2.05 bits per heavy atom. The second kappa shape index (κ2) is 6.86. The number of hydrogen-bond acceptors (Lipinski definition) is 3. The van der Waals surface area contributed by atoms with Gasteiger partial charge in [0.2, 0.25) is 0 Å². The highest BCUT2D eigenvalue weighted by atomic mass is 35.5. The Morgan fingerprint density at radius 3 is 2.80 bits per heavy atom.